The van der Waals surface area contributed by atoms with Gasteiger partial charge in [-0.1, -0.05) is 19.1 Å². The highest BCUT2D eigenvalue weighted by Gasteiger charge is 2.23. The lowest BCUT2D eigenvalue weighted by atomic mass is 10.0. The summed E-state index contributed by atoms with van der Waals surface area (Å²) in [5, 5.41) is 12.2. The van der Waals surface area contributed by atoms with Crippen molar-refractivity contribution >= 4 is 16.6 Å². The van der Waals surface area contributed by atoms with Crippen LogP contribution in [-0.4, -0.2) is 39.2 Å². The smallest absolute Gasteiger partial charge is 0.115 e. The number of hydrogen-bond donors (Lipinski definition) is 2. The van der Waals surface area contributed by atoms with Gasteiger partial charge in [0.1, 0.15) is 5.69 Å². The van der Waals surface area contributed by atoms with Crippen LogP contribution in [0.5, 0.6) is 0 Å². The second-order valence-electron chi connectivity index (χ2n) is 8.15. The number of H-pyrrole nitrogens is 1. The normalized spacial score (nSPS) is 17.7. The van der Waals surface area contributed by atoms with Gasteiger partial charge in [0.05, 0.1) is 11.2 Å². The summed E-state index contributed by atoms with van der Waals surface area (Å²) in [6, 6.07) is 9.29. The molecule has 0 amide bonds. The number of nitrogens with zero attached hydrogens (tertiary/aromatic N) is 3. The van der Waals surface area contributed by atoms with E-state index in [1.807, 2.05) is 12.4 Å². The van der Waals surface area contributed by atoms with Gasteiger partial charge in [0, 0.05) is 35.9 Å². The molecule has 0 radical (unpaired) electrons. The molecule has 0 bridgehead atoms. The van der Waals surface area contributed by atoms with Crippen LogP contribution in [-0.2, 0) is 6.54 Å². The summed E-state index contributed by atoms with van der Waals surface area (Å²) in [4.78, 5) is 7.06. The van der Waals surface area contributed by atoms with Crippen LogP contribution in [0.25, 0.3) is 27.7 Å². The average molecular weight is 374 g/mol. The van der Waals surface area contributed by atoms with Gasteiger partial charge in [-0.3, -0.25) is 15.0 Å². The zero-order valence-electron chi connectivity index (χ0n) is 16.2. The average Bonchev–Trinajstić information content (AvgIpc) is 3.44. The minimum atomic E-state index is 0.568. The molecule has 2 fully saturated rings. The van der Waals surface area contributed by atoms with Crippen LogP contribution in [0.2, 0.25) is 0 Å². The van der Waals surface area contributed by atoms with E-state index < -0.39 is 0 Å². The van der Waals surface area contributed by atoms with Gasteiger partial charge < -0.3 is 5.32 Å². The lowest BCUT2D eigenvalue weighted by Gasteiger charge is -2.26. The number of benzene rings is 1. The Kier molecular flexibility index (Phi) is 4.61. The standard InChI is InChI=1S/C23H27N5/c1-16(25-20-6-7-20)23-21-12-18(5-8-22(21)26-27-23)19-11-17(13-24-14-19)15-28-9-3-2-4-10-28/h5,8,11-14,20,25H,1-4,6-7,9-10,15H2,(H,26,27). The zero-order valence-corrected chi connectivity index (χ0v) is 16.2. The number of piperidine rings is 1. The summed E-state index contributed by atoms with van der Waals surface area (Å²) in [5.74, 6) is 0. The van der Waals surface area contributed by atoms with Gasteiger partial charge in [0.2, 0.25) is 0 Å². The summed E-state index contributed by atoms with van der Waals surface area (Å²) in [6.07, 6.45) is 10.4. The van der Waals surface area contributed by atoms with Crippen molar-refractivity contribution in [3.8, 4) is 11.1 Å². The number of nitrogens with one attached hydrogen (secondary N) is 2. The third-order valence-electron chi connectivity index (χ3n) is 5.79. The van der Waals surface area contributed by atoms with Crippen molar-refractivity contribution in [1.29, 1.82) is 0 Å². The van der Waals surface area contributed by atoms with Crippen LogP contribution < -0.4 is 5.32 Å². The molecule has 0 atom stereocenters. The van der Waals surface area contributed by atoms with E-state index in [1.54, 1.807) is 0 Å². The molecular formula is C23H27N5. The topological polar surface area (TPSA) is 56.8 Å². The fraction of sp³-hybridized carbons (Fsp3) is 0.391. The van der Waals surface area contributed by atoms with Crippen molar-refractivity contribution < 1.29 is 0 Å². The van der Waals surface area contributed by atoms with Crippen molar-refractivity contribution in [3.05, 3.63) is 54.5 Å². The first kappa shape index (κ1) is 17.4. The van der Waals surface area contributed by atoms with Crippen molar-refractivity contribution in [3.63, 3.8) is 0 Å². The maximum Gasteiger partial charge on any atom is 0.115 e. The van der Waals surface area contributed by atoms with E-state index in [4.69, 9.17) is 0 Å². The van der Waals surface area contributed by atoms with Gasteiger partial charge >= 0.3 is 0 Å². The maximum absolute atomic E-state index is 4.52. The van der Waals surface area contributed by atoms with E-state index in [2.05, 4.69) is 56.2 Å². The lowest BCUT2D eigenvalue weighted by molar-refractivity contribution is 0.220. The molecular weight excluding hydrogens is 346 g/mol. The highest BCUT2D eigenvalue weighted by Crippen LogP contribution is 2.29. The molecule has 28 heavy (non-hydrogen) atoms. The predicted molar refractivity (Wildman–Crippen MR) is 114 cm³/mol. The summed E-state index contributed by atoms with van der Waals surface area (Å²) in [6.45, 7) is 7.58. The molecule has 0 unspecified atom stereocenters. The van der Waals surface area contributed by atoms with E-state index in [-0.39, 0.29) is 0 Å². The molecule has 1 aliphatic carbocycles. The van der Waals surface area contributed by atoms with Gasteiger partial charge in [-0.15, -0.1) is 0 Å². The van der Waals surface area contributed by atoms with Crippen LogP contribution >= 0.6 is 0 Å². The molecule has 5 heteroatoms. The Morgan fingerprint density at radius 1 is 1.11 bits per heavy atom. The summed E-state index contributed by atoms with van der Waals surface area (Å²) in [7, 11) is 0. The minimum Gasteiger partial charge on any atom is -0.381 e. The second-order valence-corrected chi connectivity index (χ2v) is 8.15. The van der Waals surface area contributed by atoms with Crippen LogP contribution in [0.4, 0.5) is 0 Å². The second kappa shape index (κ2) is 7.40. The third kappa shape index (κ3) is 3.67. The van der Waals surface area contributed by atoms with Gasteiger partial charge in [0.15, 0.2) is 0 Å². The van der Waals surface area contributed by atoms with E-state index in [9.17, 15) is 0 Å². The SMILES string of the molecule is C=C(NC1CC1)c1n[nH]c2ccc(-c3cncc(CN4CCCCC4)c3)cc12. The first-order valence-corrected chi connectivity index (χ1v) is 10.4. The molecule has 1 aromatic carbocycles. The monoisotopic (exact) mass is 373 g/mol. The Morgan fingerprint density at radius 3 is 2.79 bits per heavy atom. The lowest BCUT2D eigenvalue weighted by Crippen LogP contribution is -2.29. The van der Waals surface area contributed by atoms with E-state index in [0.717, 1.165) is 34.4 Å². The number of aromatic amines is 1. The first-order chi connectivity index (χ1) is 13.8. The predicted octanol–water partition coefficient (Wildman–Crippen LogP) is 4.33. The molecule has 5 rings (SSSR count). The quantitative estimate of drug-likeness (QED) is 0.675. The Morgan fingerprint density at radius 2 is 1.96 bits per heavy atom. The van der Waals surface area contributed by atoms with Crippen LogP contribution in [0.3, 0.4) is 0 Å². The molecule has 3 heterocycles. The Labute approximate surface area is 165 Å². The third-order valence-corrected chi connectivity index (χ3v) is 5.79. The Balaban J connectivity index is 1.42. The fourth-order valence-electron chi connectivity index (χ4n) is 4.07. The number of pyridine rings is 1. The number of aromatic nitrogens is 3. The van der Waals surface area contributed by atoms with E-state index >= 15 is 0 Å². The van der Waals surface area contributed by atoms with Crippen molar-refractivity contribution in [2.45, 2.75) is 44.7 Å². The molecule has 3 aromatic rings. The largest absolute Gasteiger partial charge is 0.381 e. The molecule has 5 nitrogen and oxygen atoms in total. The number of rotatable bonds is 6. The van der Waals surface area contributed by atoms with Gasteiger partial charge in [0.25, 0.3) is 0 Å². The summed E-state index contributed by atoms with van der Waals surface area (Å²) < 4.78 is 0. The molecule has 1 saturated heterocycles. The van der Waals surface area contributed by atoms with E-state index in [1.165, 1.54) is 56.3 Å². The summed E-state index contributed by atoms with van der Waals surface area (Å²) in [5.41, 5.74) is 6.47. The maximum atomic E-state index is 4.52. The molecule has 0 spiro atoms. The van der Waals surface area contributed by atoms with Gasteiger partial charge in [-0.2, -0.15) is 5.10 Å². The van der Waals surface area contributed by atoms with Crippen molar-refractivity contribution in [1.82, 2.24) is 25.4 Å². The molecule has 144 valence electrons. The molecule has 2 aromatic heterocycles. The highest BCUT2D eigenvalue weighted by atomic mass is 15.1. The van der Waals surface area contributed by atoms with Crippen LogP contribution in [0, 0.1) is 0 Å². The van der Waals surface area contributed by atoms with Crippen molar-refractivity contribution in [2.24, 2.45) is 0 Å². The fourth-order valence-corrected chi connectivity index (χ4v) is 4.07. The van der Waals surface area contributed by atoms with Crippen molar-refractivity contribution in [2.75, 3.05) is 13.1 Å². The molecule has 2 N–H and O–H groups in total. The minimum absolute atomic E-state index is 0.568. The number of hydrogen-bond acceptors (Lipinski definition) is 4. The Hall–Kier alpha value is -2.66. The summed E-state index contributed by atoms with van der Waals surface area (Å²) >= 11 is 0. The van der Waals surface area contributed by atoms with Crippen LogP contribution in [0.15, 0.2) is 43.2 Å². The number of likely N-dealkylation sites (tertiary alicyclic amines) is 1. The highest BCUT2D eigenvalue weighted by molar-refractivity contribution is 5.92. The number of fused-ring (bicyclic) bond motifs is 1. The zero-order chi connectivity index (χ0) is 18.9. The first-order valence-electron chi connectivity index (χ1n) is 10.4. The van der Waals surface area contributed by atoms with E-state index in [0.29, 0.717) is 6.04 Å². The van der Waals surface area contributed by atoms with Gasteiger partial charge in [-0.25, -0.2) is 0 Å². The molecule has 1 saturated carbocycles. The molecule has 1 aliphatic heterocycles. The van der Waals surface area contributed by atoms with Crippen LogP contribution in [0.1, 0.15) is 43.4 Å². The Bertz CT molecular complexity index is 995. The van der Waals surface area contributed by atoms with Gasteiger partial charge in [-0.05, 0) is 68.1 Å². The molecule has 2 aliphatic rings.